The van der Waals surface area contributed by atoms with Gasteiger partial charge >= 0.3 is 11.9 Å². The number of thioether (sulfide) groups is 1. The highest BCUT2D eigenvalue weighted by atomic mass is 32.2. The normalized spacial score (nSPS) is 16.6. The number of rotatable bonds is 4. The molecule has 0 unspecified atom stereocenters. The van der Waals surface area contributed by atoms with E-state index in [0.29, 0.717) is 16.7 Å². The molecule has 1 aromatic rings. The van der Waals surface area contributed by atoms with Crippen molar-refractivity contribution >= 4 is 40.9 Å². The number of benzene rings is 1. The molecule has 7 nitrogen and oxygen atoms in total. The maximum atomic E-state index is 11.9. The van der Waals surface area contributed by atoms with Gasteiger partial charge in [-0.2, -0.15) is 0 Å². The van der Waals surface area contributed by atoms with Gasteiger partial charge in [0.1, 0.15) is 6.54 Å². The number of hydrogen-bond acceptors (Lipinski definition) is 5. The Morgan fingerprint density at radius 3 is 2.48 bits per heavy atom. The van der Waals surface area contributed by atoms with Crippen molar-refractivity contribution in [2.75, 3.05) is 6.54 Å². The van der Waals surface area contributed by atoms with Crippen LogP contribution in [0.2, 0.25) is 0 Å². The number of aliphatic carboxylic acids is 1. The summed E-state index contributed by atoms with van der Waals surface area (Å²) in [5.74, 6) is -3.20. The van der Waals surface area contributed by atoms with Crippen LogP contribution in [0.3, 0.4) is 0 Å². The fourth-order valence-electron chi connectivity index (χ4n) is 1.73. The largest absolute Gasteiger partial charge is 0.480 e. The van der Waals surface area contributed by atoms with Crippen LogP contribution in [0.25, 0.3) is 6.08 Å². The van der Waals surface area contributed by atoms with Crippen LogP contribution >= 0.6 is 11.8 Å². The van der Waals surface area contributed by atoms with Gasteiger partial charge in [0.2, 0.25) is 0 Å². The molecule has 2 amide bonds. The predicted molar refractivity (Wildman–Crippen MR) is 73.7 cm³/mol. The molecule has 0 atom stereocenters. The van der Waals surface area contributed by atoms with Gasteiger partial charge in [-0.05, 0) is 29.5 Å². The first-order valence-electron chi connectivity index (χ1n) is 5.69. The summed E-state index contributed by atoms with van der Waals surface area (Å²) < 4.78 is 0. The van der Waals surface area contributed by atoms with Gasteiger partial charge in [-0.25, -0.2) is 4.79 Å². The molecule has 0 radical (unpaired) electrons. The van der Waals surface area contributed by atoms with Gasteiger partial charge in [0.15, 0.2) is 0 Å². The van der Waals surface area contributed by atoms with E-state index in [-0.39, 0.29) is 16.0 Å². The fourth-order valence-corrected chi connectivity index (χ4v) is 2.56. The molecule has 108 valence electrons. The van der Waals surface area contributed by atoms with Crippen LogP contribution in [0.1, 0.15) is 15.9 Å². The zero-order chi connectivity index (χ0) is 15.6. The van der Waals surface area contributed by atoms with Gasteiger partial charge in [0, 0.05) is 0 Å². The third kappa shape index (κ3) is 3.11. The minimum Gasteiger partial charge on any atom is -0.480 e. The van der Waals surface area contributed by atoms with Crippen molar-refractivity contribution in [1.29, 1.82) is 0 Å². The molecule has 1 saturated heterocycles. The molecule has 0 bridgehead atoms. The summed E-state index contributed by atoms with van der Waals surface area (Å²) >= 11 is 0.581. The molecule has 1 aliphatic heterocycles. The molecule has 0 aromatic heterocycles. The van der Waals surface area contributed by atoms with Crippen molar-refractivity contribution in [2.24, 2.45) is 0 Å². The molecule has 2 rings (SSSR count). The monoisotopic (exact) mass is 307 g/mol. The number of carbonyl (C=O) groups is 4. The number of aromatic carboxylic acids is 1. The van der Waals surface area contributed by atoms with Crippen LogP contribution in [0.15, 0.2) is 29.2 Å². The van der Waals surface area contributed by atoms with E-state index in [1.54, 1.807) is 6.07 Å². The van der Waals surface area contributed by atoms with E-state index in [2.05, 4.69) is 0 Å². The Labute approximate surface area is 122 Å². The molecule has 1 fully saturated rings. The van der Waals surface area contributed by atoms with Gasteiger partial charge in [0.05, 0.1) is 10.5 Å². The maximum Gasteiger partial charge on any atom is 0.336 e. The van der Waals surface area contributed by atoms with E-state index in [1.165, 1.54) is 24.3 Å². The van der Waals surface area contributed by atoms with E-state index in [9.17, 15) is 19.2 Å². The van der Waals surface area contributed by atoms with E-state index in [0.717, 1.165) is 0 Å². The molecule has 8 heteroatoms. The van der Waals surface area contributed by atoms with Crippen LogP contribution < -0.4 is 0 Å². The summed E-state index contributed by atoms with van der Waals surface area (Å²) in [5.41, 5.74) is 0.258. The molecule has 1 heterocycles. The van der Waals surface area contributed by atoms with Crippen molar-refractivity contribution in [1.82, 2.24) is 4.90 Å². The SMILES string of the molecule is O=C(O)CN1C(=O)SC(=Cc2ccccc2C(=O)O)C1=O. The lowest BCUT2D eigenvalue weighted by atomic mass is 10.1. The van der Waals surface area contributed by atoms with Crippen molar-refractivity contribution in [2.45, 2.75) is 0 Å². The van der Waals surface area contributed by atoms with Crippen molar-refractivity contribution in [3.05, 3.63) is 40.3 Å². The van der Waals surface area contributed by atoms with E-state index < -0.39 is 29.6 Å². The minimum absolute atomic E-state index is 0.00468. The average Bonchev–Trinajstić information content (AvgIpc) is 2.66. The zero-order valence-corrected chi connectivity index (χ0v) is 11.3. The van der Waals surface area contributed by atoms with E-state index in [4.69, 9.17) is 10.2 Å². The van der Waals surface area contributed by atoms with E-state index in [1.807, 2.05) is 0 Å². The second kappa shape index (κ2) is 5.80. The molecule has 0 spiro atoms. The zero-order valence-electron chi connectivity index (χ0n) is 10.5. The first kappa shape index (κ1) is 14.8. The summed E-state index contributed by atoms with van der Waals surface area (Å²) in [4.78, 5) is 45.8. The number of nitrogens with zero attached hydrogens (tertiary/aromatic N) is 1. The van der Waals surface area contributed by atoms with Crippen LogP contribution in [0.5, 0.6) is 0 Å². The van der Waals surface area contributed by atoms with Crippen molar-refractivity contribution < 1.29 is 29.4 Å². The third-order valence-corrected chi connectivity index (χ3v) is 3.55. The first-order valence-corrected chi connectivity index (χ1v) is 6.51. The third-order valence-electron chi connectivity index (χ3n) is 2.64. The molecular weight excluding hydrogens is 298 g/mol. The molecule has 1 aliphatic rings. The molecule has 1 aromatic carbocycles. The highest BCUT2D eigenvalue weighted by Crippen LogP contribution is 2.32. The summed E-state index contributed by atoms with van der Waals surface area (Å²) in [6, 6.07) is 6.00. The number of carboxylic acids is 2. The number of hydrogen-bond donors (Lipinski definition) is 2. The minimum atomic E-state index is -1.30. The van der Waals surface area contributed by atoms with E-state index >= 15 is 0 Å². The molecule has 21 heavy (non-hydrogen) atoms. The number of carboxylic acid groups (broad SMARTS) is 2. The summed E-state index contributed by atoms with van der Waals surface area (Å²) in [6.07, 6.45) is 1.27. The number of carbonyl (C=O) groups excluding carboxylic acids is 2. The molecule has 2 N–H and O–H groups in total. The quantitative estimate of drug-likeness (QED) is 0.811. The number of imide groups is 1. The van der Waals surface area contributed by atoms with Gasteiger partial charge in [-0.1, -0.05) is 18.2 Å². The summed E-state index contributed by atoms with van der Waals surface area (Å²) in [6.45, 7) is -0.720. The van der Waals surface area contributed by atoms with Crippen molar-refractivity contribution in [3.63, 3.8) is 0 Å². The first-order chi connectivity index (χ1) is 9.90. The topological polar surface area (TPSA) is 112 Å². The molecule has 0 saturated carbocycles. The molecule has 0 aliphatic carbocycles. The Kier molecular flexibility index (Phi) is 4.08. The van der Waals surface area contributed by atoms with Gasteiger partial charge in [0.25, 0.3) is 11.1 Å². The summed E-state index contributed by atoms with van der Waals surface area (Å²) in [7, 11) is 0. The van der Waals surface area contributed by atoms with Gasteiger partial charge in [-0.3, -0.25) is 19.3 Å². The Morgan fingerprint density at radius 2 is 1.86 bits per heavy atom. The lowest BCUT2D eigenvalue weighted by molar-refractivity contribution is -0.140. The van der Waals surface area contributed by atoms with Crippen LogP contribution in [0.4, 0.5) is 4.79 Å². The molecular formula is C13H9NO6S. The van der Waals surface area contributed by atoms with Crippen molar-refractivity contribution in [3.8, 4) is 0 Å². The van der Waals surface area contributed by atoms with Crippen LogP contribution in [-0.2, 0) is 9.59 Å². The van der Waals surface area contributed by atoms with Crippen LogP contribution in [-0.4, -0.2) is 44.7 Å². The number of amides is 2. The summed E-state index contributed by atoms with van der Waals surface area (Å²) in [5, 5.41) is 17.0. The fraction of sp³-hybridized carbons (Fsp3) is 0.0769. The second-order valence-electron chi connectivity index (χ2n) is 4.05. The second-order valence-corrected chi connectivity index (χ2v) is 5.05. The highest BCUT2D eigenvalue weighted by Gasteiger charge is 2.36. The predicted octanol–water partition coefficient (Wildman–Crippen LogP) is 1.51. The Hall–Kier alpha value is -2.61. The lowest BCUT2D eigenvalue weighted by Gasteiger charge is -2.07. The van der Waals surface area contributed by atoms with Crippen LogP contribution in [0, 0.1) is 0 Å². The maximum absolute atomic E-state index is 11.9. The standard InChI is InChI=1S/C13H9NO6S/c15-10(16)6-14-11(17)9(21-13(14)20)5-7-3-1-2-4-8(7)12(18)19/h1-5H,6H2,(H,15,16)(H,18,19). The average molecular weight is 307 g/mol. The smallest absolute Gasteiger partial charge is 0.336 e. The lowest BCUT2D eigenvalue weighted by Crippen LogP contribution is -2.33. The Balaban J connectivity index is 2.35. The Morgan fingerprint density at radius 1 is 1.19 bits per heavy atom. The highest BCUT2D eigenvalue weighted by molar-refractivity contribution is 8.18. The van der Waals surface area contributed by atoms with Gasteiger partial charge in [-0.15, -0.1) is 0 Å². The Bertz CT molecular complexity index is 681. The van der Waals surface area contributed by atoms with Gasteiger partial charge < -0.3 is 10.2 Å².